The van der Waals surface area contributed by atoms with Gasteiger partial charge in [-0.25, -0.2) is 0 Å². The van der Waals surface area contributed by atoms with Gasteiger partial charge in [-0.2, -0.15) is 53.4 Å². The summed E-state index contributed by atoms with van der Waals surface area (Å²) in [5, 5.41) is 8.02. The molecule has 0 aliphatic carbocycles. The van der Waals surface area contributed by atoms with Crippen LogP contribution in [0.15, 0.2) is 0 Å². The minimum Gasteiger partial charge on any atom is -0.667 e. The van der Waals surface area contributed by atoms with E-state index in [1.54, 1.807) is 0 Å². The van der Waals surface area contributed by atoms with Gasteiger partial charge in [0.25, 0.3) is 0 Å². The van der Waals surface area contributed by atoms with Crippen molar-refractivity contribution in [3.05, 3.63) is 23.5 Å². The molecule has 0 aliphatic rings. The molecule has 1 radical (unpaired) electrons. The van der Waals surface area contributed by atoms with Crippen LogP contribution in [0.2, 0.25) is 0 Å². The first-order valence-electron chi connectivity index (χ1n) is 5.07. The van der Waals surface area contributed by atoms with Gasteiger partial charge in [0.05, 0.1) is 0 Å². The zero-order valence-electron chi connectivity index (χ0n) is 9.92. The Labute approximate surface area is 104 Å². The van der Waals surface area contributed by atoms with Crippen molar-refractivity contribution in [3.8, 4) is 0 Å². The van der Waals surface area contributed by atoms with Crippen molar-refractivity contribution < 1.29 is 20.1 Å². The number of hydrogen-bond donors (Lipinski definition) is 0. The van der Waals surface area contributed by atoms with Crippen LogP contribution in [0.25, 0.3) is 10.6 Å². The maximum Gasteiger partial charge on any atom is 0 e. The van der Waals surface area contributed by atoms with Crippen molar-refractivity contribution in [1.82, 2.24) is 0 Å². The summed E-state index contributed by atoms with van der Waals surface area (Å²) in [6.45, 7) is 9.13. The SMILES string of the molecule is C[CH-]CC[N-]C.C[CH-]CC[N-]CC.[Ir]. The molecular formula is C11H24IrN2-4. The Morgan fingerprint density at radius 3 is 1.79 bits per heavy atom. The molecule has 14 heavy (non-hydrogen) atoms. The number of rotatable bonds is 7. The van der Waals surface area contributed by atoms with Crippen molar-refractivity contribution in [2.24, 2.45) is 0 Å². The summed E-state index contributed by atoms with van der Waals surface area (Å²) in [7, 11) is 1.84. The number of hydrogen-bond acceptors (Lipinski definition) is 0. The molecule has 0 saturated heterocycles. The zero-order chi connectivity index (χ0) is 10.4. The van der Waals surface area contributed by atoms with E-state index in [-0.39, 0.29) is 20.1 Å². The summed E-state index contributed by atoms with van der Waals surface area (Å²) in [5.74, 6) is 0. The molecule has 0 aliphatic heterocycles. The van der Waals surface area contributed by atoms with Gasteiger partial charge in [0.15, 0.2) is 0 Å². The van der Waals surface area contributed by atoms with Crippen LogP contribution >= 0.6 is 0 Å². The van der Waals surface area contributed by atoms with Crippen molar-refractivity contribution >= 4 is 0 Å². The molecule has 0 aromatic rings. The van der Waals surface area contributed by atoms with E-state index < -0.39 is 0 Å². The van der Waals surface area contributed by atoms with Gasteiger partial charge in [-0.3, -0.25) is 0 Å². The second kappa shape index (κ2) is 23.4. The molecule has 91 valence electrons. The van der Waals surface area contributed by atoms with Crippen LogP contribution in [-0.2, 0) is 20.1 Å². The molecule has 2 nitrogen and oxygen atoms in total. The van der Waals surface area contributed by atoms with Crippen LogP contribution in [0, 0.1) is 12.8 Å². The molecule has 3 heteroatoms. The van der Waals surface area contributed by atoms with E-state index in [0.717, 1.165) is 32.5 Å². The third-order valence-electron chi connectivity index (χ3n) is 1.44. The summed E-state index contributed by atoms with van der Waals surface area (Å²) in [6, 6.07) is 0. The Kier molecular flexibility index (Phi) is 33.5. The fourth-order valence-electron chi connectivity index (χ4n) is 0.637. The quantitative estimate of drug-likeness (QED) is 0.480. The molecule has 0 unspecified atom stereocenters. The minimum atomic E-state index is 0. The molecule has 0 rings (SSSR count). The summed E-state index contributed by atoms with van der Waals surface area (Å²) in [6.07, 6.45) is 6.51. The van der Waals surface area contributed by atoms with Crippen molar-refractivity contribution in [2.75, 3.05) is 26.7 Å². The van der Waals surface area contributed by atoms with Crippen LogP contribution in [0.5, 0.6) is 0 Å². The molecular weight excluding hydrogens is 352 g/mol. The molecule has 0 aromatic heterocycles. The van der Waals surface area contributed by atoms with Crippen LogP contribution < -0.4 is 0 Å². The smallest absolute Gasteiger partial charge is 0 e. The zero-order valence-corrected chi connectivity index (χ0v) is 12.3. The maximum absolute atomic E-state index is 4.13. The average Bonchev–Trinajstić information content (AvgIpc) is 2.17. The van der Waals surface area contributed by atoms with Gasteiger partial charge in [0.2, 0.25) is 0 Å². The Bertz CT molecular complexity index is 62.3. The van der Waals surface area contributed by atoms with Crippen LogP contribution in [0.3, 0.4) is 0 Å². The molecule has 0 heterocycles. The number of nitrogens with zero attached hydrogens (tertiary/aromatic N) is 2. The first-order valence-corrected chi connectivity index (χ1v) is 5.07. The fraction of sp³-hybridized carbons (Fsp3) is 0.818. The summed E-state index contributed by atoms with van der Waals surface area (Å²) in [4.78, 5) is 0. The predicted molar refractivity (Wildman–Crippen MR) is 62.1 cm³/mol. The van der Waals surface area contributed by atoms with E-state index in [1.807, 2.05) is 14.0 Å². The Balaban J connectivity index is -0.000000163. The van der Waals surface area contributed by atoms with E-state index in [2.05, 4.69) is 37.3 Å². The number of unbranched alkanes of at least 4 members (excludes halogenated alkanes) is 2. The largest absolute Gasteiger partial charge is 0.667 e. The molecule has 0 amide bonds. The average molecular weight is 377 g/mol. The molecule has 0 N–H and O–H groups in total. The van der Waals surface area contributed by atoms with Crippen LogP contribution in [-0.4, -0.2) is 26.7 Å². The van der Waals surface area contributed by atoms with Gasteiger partial charge in [-0.05, 0) is 0 Å². The molecule has 0 fully saturated rings. The van der Waals surface area contributed by atoms with E-state index >= 15 is 0 Å². The van der Waals surface area contributed by atoms with Crippen LogP contribution in [0.4, 0.5) is 0 Å². The second-order valence-corrected chi connectivity index (χ2v) is 2.70. The van der Waals surface area contributed by atoms with Crippen molar-refractivity contribution in [1.29, 1.82) is 0 Å². The molecule has 0 bridgehead atoms. The maximum atomic E-state index is 4.13. The molecule has 0 spiro atoms. The third-order valence-corrected chi connectivity index (χ3v) is 1.44. The van der Waals surface area contributed by atoms with E-state index in [0.29, 0.717) is 0 Å². The third kappa shape index (κ3) is 29.4. The molecule has 0 aromatic carbocycles. The van der Waals surface area contributed by atoms with E-state index in [9.17, 15) is 0 Å². The first kappa shape index (κ1) is 20.0. The van der Waals surface area contributed by atoms with Gasteiger partial charge in [0.1, 0.15) is 0 Å². The second-order valence-electron chi connectivity index (χ2n) is 2.70. The normalized spacial score (nSPS) is 8.57. The first-order chi connectivity index (χ1) is 6.33. The predicted octanol–water partition coefficient (Wildman–Crippen LogP) is 3.60. The Morgan fingerprint density at radius 2 is 1.50 bits per heavy atom. The minimum absolute atomic E-state index is 0. The van der Waals surface area contributed by atoms with Crippen molar-refractivity contribution in [3.63, 3.8) is 0 Å². The monoisotopic (exact) mass is 377 g/mol. The molecule has 0 atom stereocenters. The van der Waals surface area contributed by atoms with E-state index in [4.69, 9.17) is 0 Å². The van der Waals surface area contributed by atoms with E-state index in [1.165, 1.54) is 0 Å². The van der Waals surface area contributed by atoms with Crippen molar-refractivity contribution in [2.45, 2.75) is 33.6 Å². The molecule has 0 saturated carbocycles. The van der Waals surface area contributed by atoms with Gasteiger partial charge >= 0.3 is 0 Å². The van der Waals surface area contributed by atoms with Gasteiger partial charge in [-0.1, -0.05) is 6.92 Å². The fourth-order valence-corrected chi connectivity index (χ4v) is 0.637. The topological polar surface area (TPSA) is 28.2 Å². The summed E-state index contributed by atoms with van der Waals surface area (Å²) >= 11 is 0. The Hall–Kier alpha value is 0.569. The summed E-state index contributed by atoms with van der Waals surface area (Å²) in [5.41, 5.74) is 0. The van der Waals surface area contributed by atoms with Gasteiger partial charge < -0.3 is 23.5 Å². The van der Waals surface area contributed by atoms with Gasteiger partial charge in [-0.15, -0.1) is 0 Å². The summed E-state index contributed by atoms with van der Waals surface area (Å²) < 4.78 is 0. The van der Waals surface area contributed by atoms with Gasteiger partial charge in [0, 0.05) is 20.1 Å². The Morgan fingerprint density at radius 1 is 1.00 bits per heavy atom. The standard InChI is InChI=1S/C6H13N.C5H11N.Ir/c1-3-5-6-7-4-2;1-3-4-5-6-2;/h3H,4-6H2,1-2H3;3H,4-5H2,1-2H3;/q2*-2;. The van der Waals surface area contributed by atoms with Crippen LogP contribution in [0.1, 0.15) is 33.6 Å².